The van der Waals surface area contributed by atoms with Crippen molar-refractivity contribution >= 4 is 5.69 Å². The normalized spacial score (nSPS) is 23.6. The van der Waals surface area contributed by atoms with Crippen molar-refractivity contribution in [3.8, 4) is 5.75 Å². The zero-order valence-corrected chi connectivity index (χ0v) is 11.2. The summed E-state index contributed by atoms with van der Waals surface area (Å²) in [7, 11) is 0. The van der Waals surface area contributed by atoms with Gasteiger partial charge >= 0.3 is 0 Å². The Balaban J connectivity index is 2.06. The maximum Gasteiger partial charge on any atom is 0.123 e. The average molecular weight is 245 g/mol. The van der Waals surface area contributed by atoms with Crippen LogP contribution < -0.4 is 10.5 Å². The predicted molar refractivity (Wildman–Crippen MR) is 76.8 cm³/mol. The Morgan fingerprint density at radius 1 is 1.33 bits per heavy atom. The summed E-state index contributed by atoms with van der Waals surface area (Å²) in [5, 5.41) is 0. The minimum Gasteiger partial charge on any atom is -0.490 e. The lowest BCUT2D eigenvalue weighted by Crippen LogP contribution is -2.23. The molecule has 0 aromatic heterocycles. The van der Waals surface area contributed by atoms with Crippen molar-refractivity contribution in [1.82, 2.24) is 0 Å². The minimum atomic E-state index is 0.369. The van der Waals surface area contributed by atoms with Gasteiger partial charge in [0, 0.05) is 5.69 Å². The molecule has 0 saturated heterocycles. The number of allylic oxidation sites excluding steroid dienone is 1. The third kappa shape index (κ3) is 3.28. The molecular weight excluding hydrogens is 222 g/mol. The zero-order valence-electron chi connectivity index (χ0n) is 11.2. The van der Waals surface area contributed by atoms with Gasteiger partial charge in [0.05, 0.1) is 6.10 Å². The Bertz CT molecular complexity index is 406. The first-order valence-electron chi connectivity index (χ1n) is 6.85. The molecule has 1 aliphatic rings. The standard InChI is InChI=1S/C16H23NO/c1-3-4-13-11-14(17)7-10-16(13)18-15-8-5-12(2)6-9-15/h3,7,10-12,15H,1,4-6,8-9,17H2,2H3. The van der Waals surface area contributed by atoms with E-state index in [0.29, 0.717) is 6.10 Å². The fourth-order valence-electron chi connectivity index (χ4n) is 2.56. The van der Waals surface area contributed by atoms with E-state index in [1.54, 1.807) is 0 Å². The van der Waals surface area contributed by atoms with Crippen LogP contribution in [0.5, 0.6) is 5.75 Å². The minimum absolute atomic E-state index is 0.369. The highest BCUT2D eigenvalue weighted by molar-refractivity contribution is 5.48. The number of nitrogens with two attached hydrogens (primary N) is 1. The van der Waals surface area contributed by atoms with Gasteiger partial charge < -0.3 is 10.5 Å². The van der Waals surface area contributed by atoms with Gasteiger partial charge in [-0.25, -0.2) is 0 Å². The molecule has 2 N–H and O–H groups in total. The highest BCUT2D eigenvalue weighted by atomic mass is 16.5. The van der Waals surface area contributed by atoms with Crippen molar-refractivity contribution in [2.45, 2.75) is 45.1 Å². The smallest absolute Gasteiger partial charge is 0.123 e. The summed E-state index contributed by atoms with van der Waals surface area (Å²) < 4.78 is 6.14. The van der Waals surface area contributed by atoms with Gasteiger partial charge in [0.25, 0.3) is 0 Å². The first-order valence-corrected chi connectivity index (χ1v) is 6.85. The lowest BCUT2D eigenvalue weighted by atomic mass is 9.89. The number of rotatable bonds is 4. The summed E-state index contributed by atoms with van der Waals surface area (Å²) in [6.07, 6.45) is 7.95. The molecule has 1 aromatic carbocycles. The number of ether oxygens (including phenoxy) is 1. The largest absolute Gasteiger partial charge is 0.490 e. The molecule has 0 spiro atoms. The van der Waals surface area contributed by atoms with Gasteiger partial charge in [-0.1, -0.05) is 13.0 Å². The molecule has 0 unspecified atom stereocenters. The van der Waals surface area contributed by atoms with Crippen molar-refractivity contribution in [1.29, 1.82) is 0 Å². The molecule has 1 aliphatic carbocycles. The van der Waals surface area contributed by atoms with E-state index >= 15 is 0 Å². The van der Waals surface area contributed by atoms with Crippen LogP contribution in [0.25, 0.3) is 0 Å². The molecule has 2 heteroatoms. The van der Waals surface area contributed by atoms with Crippen molar-refractivity contribution in [3.63, 3.8) is 0 Å². The van der Waals surface area contributed by atoms with Crippen LogP contribution in [0.2, 0.25) is 0 Å². The highest BCUT2D eigenvalue weighted by Crippen LogP contribution is 2.30. The van der Waals surface area contributed by atoms with Gasteiger partial charge in [-0.3, -0.25) is 0 Å². The van der Waals surface area contributed by atoms with E-state index in [9.17, 15) is 0 Å². The van der Waals surface area contributed by atoms with Gasteiger partial charge in [-0.15, -0.1) is 6.58 Å². The summed E-state index contributed by atoms with van der Waals surface area (Å²) in [6.45, 7) is 6.11. The third-order valence-corrected chi connectivity index (χ3v) is 3.71. The van der Waals surface area contributed by atoms with Crippen LogP contribution in [0.3, 0.4) is 0 Å². The molecule has 1 aromatic rings. The molecular formula is C16H23NO. The number of hydrogen-bond acceptors (Lipinski definition) is 2. The molecule has 1 saturated carbocycles. The van der Waals surface area contributed by atoms with E-state index in [0.717, 1.165) is 29.3 Å². The Hall–Kier alpha value is -1.44. The maximum atomic E-state index is 6.14. The van der Waals surface area contributed by atoms with E-state index in [1.165, 1.54) is 25.7 Å². The lowest BCUT2D eigenvalue weighted by molar-refractivity contribution is 0.134. The van der Waals surface area contributed by atoms with Crippen LogP contribution in [-0.4, -0.2) is 6.10 Å². The number of hydrogen-bond donors (Lipinski definition) is 1. The molecule has 1 fully saturated rings. The van der Waals surface area contributed by atoms with Crippen molar-refractivity contribution in [2.24, 2.45) is 5.92 Å². The first-order chi connectivity index (χ1) is 8.69. The summed E-state index contributed by atoms with van der Waals surface area (Å²) in [5.41, 5.74) is 7.75. The predicted octanol–water partition coefficient (Wildman–Crippen LogP) is 3.95. The summed E-state index contributed by atoms with van der Waals surface area (Å²) >= 11 is 0. The van der Waals surface area contributed by atoms with E-state index in [1.807, 2.05) is 24.3 Å². The SMILES string of the molecule is C=CCc1cc(N)ccc1OC1CCC(C)CC1. The summed E-state index contributed by atoms with van der Waals surface area (Å²) in [5.74, 6) is 1.83. The topological polar surface area (TPSA) is 35.2 Å². The van der Waals surface area contributed by atoms with Crippen LogP contribution in [0.4, 0.5) is 5.69 Å². The molecule has 2 nitrogen and oxygen atoms in total. The van der Waals surface area contributed by atoms with Crippen molar-refractivity contribution in [3.05, 3.63) is 36.4 Å². The first kappa shape index (κ1) is 13.0. The fraction of sp³-hybridized carbons (Fsp3) is 0.500. The second-order valence-electron chi connectivity index (χ2n) is 5.36. The Morgan fingerprint density at radius 2 is 2.06 bits per heavy atom. The molecule has 0 bridgehead atoms. The third-order valence-electron chi connectivity index (χ3n) is 3.71. The van der Waals surface area contributed by atoms with Crippen molar-refractivity contribution < 1.29 is 4.74 Å². The molecule has 0 amide bonds. The Morgan fingerprint density at radius 3 is 2.72 bits per heavy atom. The quantitative estimate of drug-likeness (QED) is 0.644. The van der Waals surface area contributed by atoms with Gasteiger partial charge in [0.2, 0.25) is 0 Å². The summed E-state index contributed by atoms with van der Waals surface area (Å²) in [4.78, 5) is 0. The van der Waals surface area contributed by atoms with Crippen LogP contribution >= 0.6 is 0 Å². The van der Waals surface area contributed by atoms with Gasteiger partial charge in [0.15, 0.2) is 0 Å². The number of anilines is 1. The molecule has 0 atom stereocenters. The van der Waals surface area contributed by atoms with E-state index in [2.05, 4.69) is 13.5 Å². The average Bonchev–Trinajstić information content (AvgIpc) is 2.36. The van der Waals surface area contributed by atoms with Crippen LogP contribution in [-0.2, 0) is 6.42 Å². The van der Waals surface area contributed by atoms with E-state index < -0.39 is 0 Å². The Kier molecular flexibility index (Phi) is 4.29. The maximum absolute atomic E-state index is 6.14. The lowest BCUT2D eigenvalue weighted by Gasteiger charge is -2.27. The zero-order chi connectivity index (χ0) is 13.0. The molecule has 98 valence electrons. The molecule has 0 heterocycles. The number of benzene rings is 1. The van der Waals surface area contributed by atoms with Crippen LogP contribution in [0, 0.1) is 5.92 Å². The summed E-state index contributed by atoms with van der Waals surface area (Å²) in [6, 6.07) is 5.89. The Labute approximate surface area is 110 Å². The highest BCUT2D eigenvalue weighted by Gasteiger charge is 2.20. The number of nitrogen functional groups attached to an aromatic ring is 1. The fourth-order valence-corrected chi connectivity index (χ4v) is 2.56. The molecule has 0 aliphatic heterocycles. The second kappa shape index (κ2) is 5.94. The molecule has 2 rings (SSSR count). The van der Waals surface area contributed by atoms with Gasteiger partial charge in [0.1, 0.15) is 5.75 Å². The van der Waals surface area contributed by atoms with Crippen LogP contribution in [0.1, 0.15) is 38.2 Å². The van der Waals surface area contributed by atoms with Crippen molar-refractivity contribution in [2.75, 3.05) is 5.73 Å². The van der Waals surface area contributed by atoms with Gasteiger partial charge in [-0.2, -0.15) is 0 Å². The molecule has 18 heavy (non-hydrogen) atoms. The van der Waals surface area contributed by atoms with E-state index in [-0.39, 0.29) is 0 Å². The van der Waals surface area contributed by atoms with Crippen LogP contribution in [0.15, 0.2) is 30.9 Å². The van der Waals surface area contributed by atoms with E-state index in [4.69, 9.17) is 10.5 Å². The second-order valence-corrected chi connectivity index (χ2v) is 5.36. The van der Waals surface area contributed by atoms with Gasteiger partial charge in [-0.05, 0) is 61.8 Å². The molecule has 0 radical (unpaired) electrons. The monoisotopic (exact) mass is 245 g/mol.